The number of rotatable bonds is 5. The second-order valence-electron chi connectivity index (χ2n) is 6.81. The van der Waals surface area contributed by atoms with Crippen LogP contribution in [-0.4, -0.2) is 46.0 Å². The van der Waals surface area contributed by atoms with Crippen molar-refractivity contribution in [1.82, 2.24) is 19.8 Å². The zero-order chi connectivity index (χ0) is 16.7. The Kier molecular flexibility index (Phi) is 3.88. The van der Waals surface area contributed by atoms with E-state index in [1.165, 1.54) is 24.7 Å². The van der Waals surface area contributed by atoms with Crippen LogP contribution in [0.3, 0.4) is 0 Å². The highest BCUT2D eigenvalue weighted by Gasteiger charge is 2.34. The van der Waals surface area contributed by atoms with E-state index in [-0.39, 0.29) is 11.8 Å². The topological polar surface area (TPSA) is 73.4 Å². The summed E-state index contributed by atoms with van der Waals surface area (Å²) in [7, 11) is 1.70. The van der Waals surface area contributed by atoms with E-state index in [1.807, 2.05) is 11.1 Å². The summed E-state index contributed by atoms with van der Waals surface area (Å²) >= 11 is 0. The van der Waals surface area contributed by atoms with Crippen molar-refractivity contribution in [3.63, 3.8) is 0 Å². The van der Waals surface area contributed by atoms with Gasteiger partial charge in [-0.15, -0.1) is 0 Å². The third kappa shape index (κ3) is 2.73. The Morgan fingerprint density at radius 3 is 2.92 bits per heavy atom. The Bertz CT molecular complexity index is 747. The lowest BCUT2D eigenvalue weighted by atomic mass is 9.96. The Morgan fingerprint density at radius 2 is 2.25 bits per heavy atom. The first-order chi connectivity index (χ1) is 11.7. The average Bonchev–Trinajstić information content (AvgIpc) is 3.14. The molecule has 3 heterocycles. The predicted octanol–water partition coefficient (Wildman–Crippen LogP) is 1.98. The summed E-state index contributed by atoms with van der Waals surface area (Å²) in [4.78, 5) is 14.6. The molecule has 1 unspecified atom stereocenters. The summed E-state index contributed by atoms with van der Waals surface area (Å²) in [6, 6.07) is 0. The van der Waals surface area contributed by atoms with Gasteiger partial charge in [0.1, 0.15) is 11.3 Å². The molecule has 0 bridgehead atoms. The van der Waals surface area contributed by atoms with Crippen molar-refractivity contribution >= 4 is 5.91 Å². The lowest BCUT2D eigenvalue weighted by Crippen LogP contribution is -2.40. The number of fused-ring (bicyclic) bond motifs is 1. The molecule has 1 aliphatic carbocycles. The monoisotopic (exact) mass is 330 g/mol. The number of carbonyl (C=O) groups is 1. The van der Waals surface area contributed by atoms with Crippen LogP contribution in [0.25, 0.3) is 0 Å². The molecule has 0 N–H and O–H groups in total. The maximum Gasteiger partial charge on any atom is 0.259 e. The summed E-state index contributed by atoms with van der Waals surface area (Å²) in [5, 5.41) is 8.29. The first-order valence-electron chi connectivity index (χ1n) is 8.41. The summed E-state index contributed by atoms with van der Waals surface area (Å²) in [5.74, 6) is 1.41. The van der Waals surface area contributed by atoms with E-state index >= 15 is 0 Å². The molecular weight excluding hydrogens is 308 g/mol. The molecule has 7 heteroatoms. The SMILES string of the molecule is COCC1CN(C(=O)c2cnoc2C)Cc2cnn(CC3CC3)c21. The second-order valence-corrected chi connectivity index (χ2v) is 6.81. The van der Waals surface area contributed by atoms with Crippen LogP contribution < -0.4 is 0 Å². The largest absolute Gasteiger partial charge is 0.384 e. The molecule has 2 aromatic rings. The minimum Gasteiger partial charge on any atom is -0.384 e. The fourth-order valence-corrected chi connectivity index (χ4v) is 3.50. The van der Waals surface area contributed by atoms with Gasteiger partial charge in [0.15, 0.2) is 0 Å². The fraction of sp³-hybridized carbons (Fsp3) is 0.588. The van der Waals surface area contributed by atoms with Crippen molar-refractivity contribution in [1.29, 1.82) is 0 Å². The van der Waals surface area contributed by atoms with Gasteiger partial charge in [-0.1, -0.05) is 5.16 Å². The molecule has 1 atom stereocenters. The maximum atomic E-state index is 12.8. The van der Waals surface area contributed by atoms with Gasteiger partial charge in [0, 0.05) is 38.2 Å². The Hall–Kier alpha value is -2.15. The quantitative estimate of drug-likeness (QED) is 0.838. The molecule has 1 saturated carbocycles. The van der Waals surface area contributed by atoms with Crippen molar-refractivity contribution < 1.29 is 14.1 Å². The third-order valence-corrected chi connectivity index (χ3v) is 4.91. The van der Waals surface area contributed by atoms with Gasteiger partial charge >= 0.3 is 0 Å². The van der Waals surface area contributed by atoms with E-state index in [9.17, 15) is 4.79 Å². The molecule has 4 rings (SSSR count). The van der Waals surface area contributed by atoms with Crippen LogP contribution >= 0.6 is 0 Å². The van der Waals surface area contributed by atoms with Crippen molar-refractivity contribution in [3.05, 3.63) is 35.0 Å². The van der Waals surface area contributed by atoms with Crippen LogP contribution in [0.1, 0.15) is 46.1 Å². The van der Waals surface area contributed by atoms with E-state index in [4.69, 9.17) is 9.26 Å². The average molecular weight is 330 g/mol. The molecule has 2 aliphatic rings. The molecule has 24 heavy (non-hydrogen) atoms. The lowest BCUT2D eigenvalue weighted by molar-refractivity contribution is 0.0673. The van der Waals surface area contributed by atoms with E-state index in [2.05, 4.69) is 14.9 Å². The smallest absolute Gasteiger partial charge is 0.259 e. The molecular formula is C17H22N4O3. The van der Waals surface area contributed by atoms with Crippen LogP contribution in [-0.2, 0) is 17.8 Å². The summed E-state index contributed by atoms with van der Waals surface area (Å²) in [6.45, 7) is 4.52. The van der Waals surface area contributed by atoms with Crippen LogP contribution in [0.5, 0.6) is 0 Å². The van der Waals surface area contributed by atoms with Gasteiger partial charge in [0.05, 0.1) is 24.7 Å². The molecule has 1 amide bonds. The van der Waals surface area contributed by atoms with Gasteiger partial charge in [-0.25, -0.2) is 0 Å². The molecule has 1 aliphatic heterocycles. The van der Waals surface area contributed by atoms with Gasteiger partial charge in [0.2, 0.25) is 0 Å². The predicted molar refractivity (Wildman–Crippen MR) is 85.5 cm³/mol. The summed E-state index contributed by atoms with van der Waals surface area (Å²) < 4.78 is 12.6. The molecule has 1 fully saturated rings. The fourth-order valence-electron chi connectivity index (χ4n) is 3.50. The molecule has 0 saturated heterocycles. The molecule has 0 radical (unpaired) electrons. The van der Waals surface area contributed by atoms with E-state index in [0.717, 1.165) is 18.0 Å². The van der Waals surface area contributed by atoms with Gasteiger partial charge in [-0.2, -0.15) is 5.10 Å². The van der Waals surface area contributed by atoms with Crippen molar-refractivity contribution in [2.45, 2.75) is 38.8 Å². The Balaban J connectivity index is 1.61. The molecule has 7 nitrogen and oxygen atoms in total. The van der Waals surface area contributed by atoms with E-state index < -0.39 is 0 Å². The van der Waals surface area contributed by atoms with Crippen molar-refractivity contribution in [3.8, 4) is 0 Å². The number of carbonyl (C=O) groups excluding carboxylic acids is 1. The highest BCUT2D eigenvalue weighted by molar-refractivity contribution is 5.94. The lowest BCUT2D eigenvalue weighted by Gasteiger charge is -2.33. The van der Waals surface area contributed by atoms with Crippen LogP contribution in [0.2, 0.25) is 0 Å². The highest BCUT2D eigenvalue weighted by Crippen LogP contribution is 2.34. The minimum atomic E-state index is -0.0459. The zero-order valence-electron chi connectivity index (χ0n) is 14.1. The number of hydrogen-bond donors (Lipinski definition) is 0. The van der Waals surface area contributed by atoms with Crippen molar-refractivity contribution in [2.75, 3.05) is 20.3 Å². The van der Waals surface area contributed by atoms with Crippen molar-refractivity contribution in [2.24, 2.45) is 5.92 Å². The minimum absolute atomic E-state index is 0.0459. The summed E-state index contributed by atoms with van der Waals surface area (Å²) in [5.41, 5.74) is 2.88. The Labute approximate surface area is 140 Å². The van der Waals surface area contributed by atoms with Crippen LogP contribution in [0.15, 0.2) is 16.9 Å². The third-order valence-electron chi connectivity index (χ3n) is 4.91. The number of nitrogens with zero attached hydrogens (tertiary/aromatic N) is 4. The summed E-state index contributed by atoms with van der Waals surface area (Å²) in [6.07, 6.45) is 5.98. The Morgan fingerprint density at radius 1 is 1.42 bits per heavy atom. The standard InChI is InChI=1S/C17H22N4O3/c1-11-15(6-19-24-11)17(22)20-8-13-5-18-21(7-12-3-4-12)16(13)14(9-20)10-23-2/h5-6,12,14H,3-4,7-10H2,1-2H3. The van der Waals surface area contributed by atoms with E-state index in [1.54, 1.807) is 14.0 Å². The number of ether oxygens (including phenoxy) is 1. The van der Waals surface area contributed by atoms with Gasteiger partial charge in [-0.3, -0.25) is 9.48 Å². The second kappa shape index (κ2) is 6.05. The van der Waals surface area contributed by atoms with Gasteiger partial charge in [-0.05, 0) is 25.7 Å². The normalized spacial score (nSPS) is 20.2. The van der Waals surface area contributed by atoms with Gasteiger partial charge in [0.25, 0.3) is 5.91 Å². The molecule has 2 aromatic heterocycles. The number of amides is 1. The van der Waals surface area contributed by atoms with Crippen LogP contribution in [0, 0.1) is 12.8 Å². The number of aryl methyl sites for hydroxylation is 1. The molecule has 0 aromatic carbocycles. The molecule has 0 spiro atoms. The highest BCUT2D eigenvalue weighted by atomic mass is 16.5. The molecule has 128 valence electrons. The zero-order valence-corrected chi connectivity index (χ0v) is 14.1. The first kappa shape index (κ1) is 15.4. The number of aromatic nitrogens is 3. The first-order valence-corrected chi connectivity index (χ1v) is 8.41. The maximum absolute atomic E-state index is 12.8. The van der Waals surface area contributed by atoms with Gasteiger partial charge < -0.3 is 14.2 Å². The number of hydrogen-bond acceptors (Lipinski definition) is 5. The van der Waals surface area contributed by atoms with E-state index in [0.29, 0.717) is 31.0 Å². The number of methoxy groups -OCH3 is 1. The van der Waals surface area contributed by atoms with Crippen LogP contribution in [0.4, 0.5) is 0 Å².